The van der Waals surface area contributed by atoms with Crippen LogP contribution in [-0.2, 0) is 17.0 Å². The van der Waals surface area contributed by atoms with Crippen LogP contribution in [-0.4, -0.2) is 12.2 Å². The van der Waals surface area contributed by atoms with Crippen LogP contribution in [0.1, 0.15) is 17.5 Å². The van der Waals surface area contributed by atoms with Crippen molar-refractivity contribution in [1.29, 1.82) is 0 Å². The molecule has 0 radical (unpaired) electrons. The average Bonchev–Trinajstić information content (AvgIpc) is 2.47. The normalized spacial score (nSPS) is 10.4. The lowest BCUT2D eigenvalue weighted by Crippen LogP contribution is -2.12. The van der Waals surface area contributed by atoms with Crippen molar-refractivity contribution in [2.75, 3.05) is 11.6 Å². The van der Waals surface area contributed by atoms with Gasteiger partial charge in [-0.15, -0.1) is 0 Å². The third-order valence-corrected chi connectivity index (χ3v) is 3.70. The fourth-order valence-corrected chi connectivity index (χ4v) is 2.55. The highest BCUT2D eigenvalue weighted by molar-refractivity contribution is 7.97. The van der Waals surface area contributed by atoms with E-state index < -0.39 is 0 Å². The number of nitrogens with one attached hydrogen (secondary N) is 1. The lowest BCUT2D eigenvalue weighted by Gasteiger charge is -2.07. The lowest BCUT2D eigenvalue weighted by atomic mass is 10.1. The Hall–Kier alpha value is -1.81. The predicted octanol–water partition coefficient (Wildman–Crippen LogP) is 4.26. The predicted molar refractivity (Wildman–Crippen MR) is 87.0 cm³/mol. The summed E-state index contributed by atoms with van der Waals surface area (Å²) in [6.07, 6.45) is 3.04. The number of hydrogen-bond acceptors (Lipinski definition) is 2. The summed E-state index contributed by atoms with van der Waals surface area (Å²) in [7, 11) is 0. The molecule has 1 N–H and O–H groups in total. The number of halogens is 1. The Labute approximate surface area is 128 Å². The minimum absolute atomic E-state index is 0.0272. The molecular formula is C17H18FNOS. The second kappa shape index (κ2) is 7.84. The zero-order chi connectivity index (χ0) is 15.1. The van der Waals surface area contributed by atoms with Gasteiger partial charge in [0, 0.05) is 17.9 Å². The summed E-state index contributed by atoms with van der Waals surface area (Å²) < 4.78 is 12.8. The number of benzene rings is 2. The first-order chi connectivity index (χ1) is 10.2. The van der Waals surface area contributed by atoms with E-state index in [-0.39, 0.29) is 11.7 Å². The molecule has 0 saturated carbocycles. The van der Waals surface area contributed by atoms with Crippen molar-refractivity contribution in [3.05, 3.63) is 65.5 Å². The second-order valence-electron chi connectivity index (χ2n) is 4.81. The van der Waals surface area contributed by atoms with Crippen LogP contribution in [0.3, 0.4) is 0 Å². The molecule has 2 rings (SSSR count). The van der Waals surface area contributed by atoms with Gasteiger partial charge in [-0.25, -0.2) is 4.39 Å². The first-order valence-corrected chi connectivity index (χ1v) is 8.19. The molecule has 0 fully saturated rings. The molecule has 4 heteroatoms. The molecule has 110 valence electrons. The second-order valence-corrected chi connectivity index (χ2v) is 5.67. The van der Waals surface area contributed by atoms with E-state index in [1.165, 1.54) is 17.7 Å². The number of amides is 1. The Balaban J connectivity index is 1.86. The molecule has 0 saturated heterocycles. The van der Waals surface area contributed by atoms with Gasteiger partial charge in [0.25, 0.3) is 0 Å². The van der Waals surface area contributed by atoms with E-state index in [9.17, 15) is 9.18 Å². The van der Waals surface area contributed by atoms with Gasteiger partial charge in [-0.2, -0.15) is 11.8 Å². The Morgan fingerprint density at radius 2 is 1.90 bits per heavy atom. The summed E-state index contributed by atoms with van der Waals surface area (Å²) >= 11 is 1.75. The zero-order valence-corrected chi connectivity index (χ0v) is 12.8. The molecule has 0 aliphatic rings. The third kappa shape index (κ3) is 5.23. The van der Waals surface area contributed by atoms with Crippen molar-refractivity contribution in [3.63, 3.8) is 0 Å². The maximum absolute atomic E-state index is 12.8. The van der Waals surface area contributed by atoms with Crippen LogP contribution in [0.25, 0.3) is 0 Å². The molecular weight excluding hydrogens is 285 g/mol. The molecule has 1 amide bonds. The number of thioether (sulfide) groups is 1. The maximum Gasteiger partial charge on any atom is 0.224 e. The molecule has 0 spiro atoms. The van der Waals surface area contributed by atoms with Crippen LogP contribution in [0, 0.1) is 5.82 Å². The van der Waals surface area contributed by atoms with Gasteiger partial charge in [-0.3, -0.25) is 4.79 Å². The molecule has 2 aromatic rings. The molecule has 21 heavy (non-hydrogen) atoms. The maximum atomic E-state index is 12.8. The number of hydrogen-bond donors (Lipinski definition) is 1. The van der Waals surface area contributed by atoms with Gasteiger partial charge in [0.15, 0.2) is 0 Å². The average molecular weight is 303 g/mol. The van der Waals surface area contributed by atoms with E-state index in [1.807, 2.05) is 30.5 Å². The van der Waals surface area contributed by atoms with Crippen LogP contribution < -0.4 is 5.32 Å². The topological polar surface area (TPSA) is 29.1 Å². The van der Waals surface area contributed by atoms with Crippen molar-refractivity contribution in [2.45, 2.75) is 18.6 Å². The molecule has 0 aliphatic heterocycles. The van der Waals surface area contributed by atoms with Crippen LogP contribution >= 0.6 is 11.8 Å². The summed E-state index contributed by atoms with van der Waals surface area (Å²) in [5.74, 6) is 0.647. The van der Waals surface area contributed by atoms with E-state index in [0.717, 1.165) is 17.0 Å². The number of anilines is 1. The number of carbonyl (C=O) groups excluding carboxylic acids is 1. The van der Waals surface area contributed by atoms with E-state index in [4.69, 9.17) is 0 Å². The third-order valence-electron chi connectivity index (χ3n) is 3.08. The van der Waals surface area contributed by atoms with E-state index in [2.05, 4.69) is 5.32 Å². The number of rotatable bonds is 6. The van der Waals surface area contributed by atoms with Crippen molar-refractivity contribution in [1.82, 2.24) is 0 Å². The van der Waals surface area contributed by atoms with Crippen molar-refractivity contribution >= 4 is 23.4 Å². The molecule has 0 atom stereocenters. The van der Waals surface area contributed by atoms with Crippen LogP contribution in [0.5, 0.6) is 0 Å². The fourth-order valence-electron chi connectivity index (χ4n) is 2.04. The highest BCUT2D eigenvalue weighted by Gasteiger charge is 2.04. The fraction of sp³-hybridized carbons (Fsp3) is 0.235. The van der Waals surface area contributed by atoms with Gasteiger partial charge < -0.3 is 5.32 Å². The monoisotopic (exact) mass is 303 g/mol. The van der Waals surface area contributed by atoms with Crippen molar-refractivity contribution < 1.29 is 9.18 Å². The highest BCUT2D eigenvalue weighted by atomic mass is 32.2. The van der Waals surface area contributed by atoms with E-state index >= 15 is 0 Å². The number of aryl methyl sites for hydroxylation is 1. The van der Waals surface area contributed by atoms with Crippen molar-refractivity contribution in [2.24, 2.45) is 0 Å². The molecule has 0 bridgehead atoms. The van der Waals surface area contributed by atoms with Gasteiger partial charge >= 0.3 is 0 Å². The summed E-state index contributed by atoms with van der Waals surface area (Å²) in [6, 6.07) is 14.1. The van der Waals surface area contributed by atoms with Crippen LogP contribution in [0.15, 0.2) is 48.5 Å². The smallest absolute Gasteiger partial charge is 0.224 e. The highest BCUT2D eigenvalue weighted by Crippen LogP contribution is 2.15. The van der Waals surface area contributed by atoms with E-state index in [0.29, 0.717) is 12.8 Å². The first kappa shape index (κ1) is 15.6. The van der Waals surface area contributed by atoms with Crippen molar-refractivity contribution in [3.8, 4) is 0 Å². The Kier molecular flexibility index (Phi) is 5.81. The Bertz CT molecular complexity index is 598. The lowest BCUT2D eigenvalue weighted by molar-refractivity contribution is -0.116. The van der Waals surface area contributed by atoms with Gasteiger partial charge in [-0.05, 0) is 48.1 Å². The summed E-state index contributed by atoms with van der Waals surface area (Å²) in [5.41, 5.74) is 2.98. The van der Waals surface area contributed by atoms with Crippen LogP contribution in [0.2, 0.25) is 0 Å². The molecule has 0 aliphatic carbocycles. The quantitative estimate of drug-likeness (QED) is 0.864. The van der Waals surface area contributed by atoms with Gasteiger partial charge in [0.05, 0.1) is 0 Å². The standard InChI is InChI=1S/C17H18FNOS/c1-21-12-14-3-2-4-16(11-14)19-17(20)10-7-13-5-8-15(18)9-6-13/h2-6,8-9,11H,7,10,12H2,1H3,(H,19,20). The Morgan fingerprint density at radius 3 is 2.62 bits per heavy atom. The molecule has 2 aromatic carbocycles. The summed E-state index contributed by atoms with van der Waals surface area (Å²) in [5, 5.41) is 2.90. The largest absolute Gasteiger partial charge is 0.326 e. The molecule has 2 nitrogen and oxygen atoms in total. The zero-order valence-electron chi connectivity index (χ0n) is 11.9. The van der Waals surface area contributed by atoms with Gasteiger partial charge in [-0.1, -0.05) is 24.3 Å². The molecule has 0 unspecified atom stereocenters. The van der Waals surface area contributed by atoms with E-state index in [1.54, 1.807) is 23.9 Å². The minimum Gasteiger partial charge on any atom is -0.326 e. The van der Waals surface area contributed by atoms with Crippen LogP contribution in [0.4, 0.5) is 10.1 Å². The Morgan fingerprint density at radius 1 is 1.14 bits per heavy atom. The van der Waals surface area contributed by atoms with Gasteiger partial charge in [0.2, 0.25) is 5.91 Å². The number of carbonyl (C=O) groups is 1. The summed E-state index contributed by atoms with van der Waals surface area (Å²) in [4.78, 5) is 11.9. The molecule has 0 aromatic heterocycles. The summed E-state index contributed by atoms with van der Waals surface area (Å²) in [6.45, 7) is 0. The van der Waals surface area contributed by atoms with Gasteiger partial charge in [0.1, 0.15) is 5.82 Å². The minimum atomic E-state index is -0.256. The first-order valence-electron chi connectivity index (χ1n) is 6.79. The SMILES string of the molecule is CSCc1cccc(NC(=O)CCc2ccc(F)cc2)c1. The molecule has 0 heterocycles.